The number of halogens is 1. The third-order valence-corrected chi connectivity index (χ3v) is 1.35. The SMILES string of the molecule is Cn1[nH]c(=O)c(Cl)cc1=O. The van der Waals surface area contributed by atoms with E-state index in [1.54, 1.807) is 0 Å². The van der Waals surface area contributed by atoms with Crippen molar-refractivity contribution in [3.05, 3.63) is 31.8 Å². The smallest absolute Gasteiger partial charge is 0.268 e. The fourth-order valence-electron chi connectivity index (χ4n) is 0.532. The number of aryl methyl sites for hydroxylation is 1. The molecule has 0 aliphatic carbocycles. The number of rotatable bonds is 0. The fraction of sp³-hybridized carbons (Fsp3) is 0.200. The van der Waals surface area contributed by atoms with Crippen molar-refractivity contribution >= 4 is 11.6 Å². The molecule has 0 radical (unpaired) electrons. The van der Waals surface area contributed by atoms with Gasteiger partial charge >= 0.3 is 0 Å². The summed E-state index contributed by atoms with van der Waals surface area (Å²) in [6.07, 6.45) is 0. The van der Waals surface area contributed by atoms with Crippen molar-refractivity contribution in [1.82, 2.24) is 9.78 Å². The van der Waals surface area contributed by atoms with Gasteiger partial charge in [-0.2, -0.15) is 0 Å². The summed E-state index contributed by atoms with van der Waals surface area (Å²) < 4.78 is 1.06. The van der Waals surface area contributed by atoms with Gasteiger partial charge in [0.1, 0.15) is 5.02 Å². The summed E-state index contributed by atoms with van der Waals surface area (Å²) in [4.78, 5) is 21.3. The topological polar surface area (TPSA) is 54.9 Å². The third-order valence-electron chi connectivity index (χ3n) is 1.07. The summed E-state index contributed by atoms with van der Waals surface area (Å²) in [6, 6.07) is 1.07. The zero-order valence-corrected chi connectivity index (χ0v) is 5.97. The van der Waals surface area contributed by atoms with Gasteiger partial charge in [0, 0.05) is 13.1 Å². The highest BCUT2D eigenvalue weighted by Crippen LogP contribution is 1.91. The van der Waals surface area contributed by atoms with Gasteiger partial charge in [-0.25, -0.2) is 0 Å². The minimum absolute atomic E-state index is 0.0805. The molecular weight excluding hydrogens is 156 g/mol. The molecule has 0 saturated heterocycles. The van der Waals surface area contributed by atoms with Gasteiger partial charge in [0.25, 0.3) is 11.1 Å². The average molecular weight is 161 g/mol. The number of aromatic amines is 1. The number of nitrogens with zero attached hydrogens (tertiary/aromatic N) is 1. The van der Waals surface area contributed by atoms with E-state index < -0.39 is 5.56 Å². The Kier molecular flexibility index (Phi) is 1.63. The Morgan fingerprint density at radius 1 is 1.60 bits per heavy atom. The molecule has 0 saturated carbocycles. The van der Waals surface area contributed by atoms with Gasteiger partial charge in [-0.15, -0.1) is 0 Å². The van der Waals surface area contributed by atoms with E-state index in [0.29, 0.717) is 0 Å². The van der Waals surface area contributed by atoms with E-state index in [1.807, 2.05) is 0 Å². The first-order valence-corrected chi connectivity index (χ1v) is 2.95. The summed E-state index contributed by atoms with van der Waals surface area (Å²) in [6.45, 7) is 0. The van der Waals surface area contributed by atoms with E-state index in [0.717, 1.165) is 10.7 Å². The number of aromatic nitrogens is 2. The molecule has 0 atom stereocenters. The maximum Gasteiger partial charge on any atom is 0.281 e. The Morgan fingerprint density at radius 3 is 2.70 bits per heavy atom. The normalized spacial score (nSPS) is 9.80. The van der Waals surface area contributed by atoms with Crippen molar-refractivity contribution in [3.8, 4) is 0 Å². The predicted octanol–water partition coefficient (Wildman–Crippen LogP) is -0.273. The van der Waals surface area contributed by atoms with Crippen LogP contribution in [0.2, 0.25) is 5.02 Å². The summed E-state index contributed by atoms with van der Waals surface area (Å²) in [5.41, 5.74) is -0.784. The molecule has 4 nitrogen and oxygen atoms in total. The van der Waals surface area contributed by atoms with Gasteiger partial charge in [0.05, 0.1) is 0 Å². The quantitative estimate of drug-likeness (QED) is 0.568. The van der Waals surface area contributed by atoms with Crippen molar-refractivity contribution in [2.24, 2.45) is 7.05 Å². The minimum atomic E-state index is -0.455. The van der Waals surface area contributed by atoms with Crippen LogP contribution >= 0.6 is 11.6 Å². The van der Waals surface area contributed by atoms with Crippen molar-refractivity contribution < 1.29 is 0 Å². The second-order valence-corrected chi connectivity index (χ2v) is 2.24. The molecule has 0 bridgehead atoms. The fourth-order valence-corrected chi connectivity index (χ4v) is 0.667. The van der Waals surface area contributed by atoms with Crippen molar-refractivity contribution in [2.45, 2.75) is 0 Å². The summed E-state index contributed by atoms with van der Waals surface area (Å²) in [5.74, 6) is 0. The highest BCUT2D eigenvalue weighted by molar-refractivity contribution is 6.30. The monoisotopic (exact) mass is 160 g/mol. The van der Waals surface area contributed by atoms with Gasteiger partial charge in [0.2, 0.25) is 0 Å². The molecule has 0 unspecified atom stereocenters. The van der Waals surface area contributed by atoms with Gasteiger partial charge in [-0.05, 0) is 0 Å². The lowest BCUT2D eigenvalue weighted by Crippen LogP contribution is -2.26. The maximum atomic E-state index is 10.7. The molecule has 1 heterocycles. The van der Waals surface area contributed by atoms with Crippen LogP contribution in [0.15, 0.2) is 15.7 Å². The van der Waals surface area contributed by atoms with E-state index in [1.165, 1.54) is 7.05 Å². The van der Waals surface area contributed by atoms with Crippen molar-refractivity contribution in [3.63, 3.8) is 0 Å². The maximum absolute atomic E-state index is 10.7. The van der Waals surface area contributed by atoms with E-state index in [9.17, 15) is 9.59 Å². The van der Waals surface area contributed by atoms with E-state index in [-0.39, 0.29) is 10.6 Å². The second kappa shape index (κ2) is 2.30. The molecular formula is C5H5ClN2O2. The Bertz CT molecular complexity index is 316. The van der Waals surface area contributed by atoms with Crippen molar-refractivity contribution in [1.29, 1.82) is 0 Å². The van der Waals surface area contributed by atoms with Crippen LogP contribution in [0, 0.1) is 0 Å². The van der Waals surface area contributed by atoms with Crippen LogP contribution in [0.1, 0.15) is 0 Å². The molecule has 0 aliphatic heterocycles. The lowest BCUT2D eigenvalue weighted by molar-refractivity contribution is 0.692. The summed E-state index contributed by atoms with van der Waals surface area (Å²) >= 11 is 5.33. The zero-order chi connectivity index (χ0) is 7.72. The van der Waals surface area contributed by atoms with Crippen LogP contribution < -0.4 is 11.1 Å². The van der Waals surface area contributed by atoms with Crippen LogP contribution in [0.4, 0.5) is 0 Å². The standard InChI is InChI=1S/C5H5ClN2O2/c1-8-4(9)2-3(6)5(10)7-8/h2H,1H3,(H,7,10). The largest absolute Gasteiger partial charge is 0.281 e. The lowest BCUT2D eigenvalue weighted by Gasteiger charge is -1.93. The first-order valence-electron chi connectivity index (χ1n) is 2.57. The van der Waals surface area contributed by atoms with Crippen LogP contribution in [0.3, 0.4) is 0 Å². The molecule has 1 rings (SSSR count). The molecule has 5 heteroatoms. The Balaban J connectivity index is 3.59. The number of nitrogens with one attached hydrogen (secondary N) is 1. The average Bonchev–Trinajstić information content (AvgIpc) is 1.84. The second-order valence-electron chi connectivity index (χ2n) is 1.83. The highest BCUT2D eigenvalue weighted by Gasteiger charge is 1.96. The molecule has 1 N–H and O–H groups in total. The zero-order valence-electron chi connectivity index (χ0n) is 5.22. The first kappa shape index (κ1) is 7.08. The molecule has 10 heavy (non-hydrogen) atoms. The Hall–Kier alpha value is -1.03. The first-order chi connectivity index (χ1) is 4.61. The summed E-state index contributed by atoms with van der Waals surface area (Å²) in [7, 11) is 1.44. The van der Waals surface area contributed by atoms with Gasteiger partial charge < -0.3 is 0 Å². The molecule has 0 aromatic carbocycles. The van der Waals surface area contributed by atoms with Crippen LogP contribution in [-0.4, -0.2) is 9.78 Å². The van der Waals surface area contributed by atoms with Crippen molar-refractivity contribution in [2.75, 3.05) is 0 Å². The van der Waals surface area contributed by atoms with E-state index in [2.05, 4.69) is 5.10 Å². The number of hydrogen-bond donors (Lipinski definition) is 1. The van der Waals surface area contributed by atoms with E-state index in [4.69, 9.17) is 11.6 Å². The van der Waals surface area contributed by atoms with Crippen LogP contribution in [0.25, 0.3) is 0 Å². The number of hydrogen-bond acceptors (Lipinski definition) is 2. The molecule has 0 aliphatic rings. The molecule has 1 aromatic heterocycles. The van der Waals surface area contributed by atoms with E-state index >= 15 is 0 Å². The van der Waals surface area contributed by atoms with Gasteiger partial charge in [-0.1, -0.05) is 11.6 Å². The van der Waals surface area contributed by atoms with Gasteiger partial charge in [-0.3, -0.25) is 19.4 Å². The molecule has 1 aromatic rings. The Morgan fingerprint density at radius 2 is 2.20 bits per heavy atom. The molecule has 0 amide bonds. The molecule has 0 spiro atoms. The van der Waals surface area contributed by atoms with Crippen LogP contribution in [-0.2, 0) is 7.05 Å². The van der Waals surface area contributed by atoms with Gasteiger partial charge in [0.15, 0.2) is 0 Å². The van der Waals surface area contributed by atoms with Crippen LogP contribution in [0.5, 0.6) is 0 Å². The number of H-pyrrole nitrogens is 1. The highest BCUT2D eigenvalue weighted by atomic mass is 35.5. The molecule has 0 fully saturated rings. The molecule has 54 valence electrons. The minimum Gasteiger partial charge on any atom is -0.268 e. The Labute approximate surface area is 61.0 Å². The summed E-state index contributed by atoms with van der Waals surface area (Å²) in [5, 5.41) is 2.14. The lowest BCUT2D eigenvalue weighted by atomic mass is 10.6. The third kappa shape index (κ3) is 1.11. The predicted molar refractivity (Wildman–Crippen MR) is 37.3 cm³/mol.